The Balaban J connectivity index is 2.13. The highest BCUT2D eigenvalue weighted by molar-refractivity contribution is 5.92. The monoisotopic (exact) mass is 263 g/mol. The smallest absolute Gasteiger partial charge is 0.356 e. The average Bonchev–Trinajstić information content (AvgIpc) is 2.76. The number of carbonyl (C=O) groups is 1. The number of pyridine rings is 1. The lowest BCUT2D eigenvalue weighted by Crippen LogP contribution is -2.09. The molecular weight excluding hydrogens is 246 g/mol. The van der Waals surface area contributed by atoms with Gasteiger partial charge in [-0.3, -0.25) is 4.40 Å². The van der Waals surface area contributed by atoms with E-state index in [4.69, 9.17) is 4.74 Å². The molecule has 0 bridgehead atoms. The van der Waals surface area contributed by atoms with E-state index < -0.39 is 5.97 Å². The molecule has 2 heterocycles. The van der Waals surface area contributed by atoms with Crippen molar-refractivity contribution in [3.8, 4) is 0 Å². The third kappa shape index (κ3) is 3.03. The first-order valence-electron chi connectivity index (χ1n) is 6.17. The molecule has 0 saturated carbocycles. The molecule has 0 atom stereocenters. The number of aromatic carboxylic acids is 1. The summed E-state index contributed by atoms with van der Waals surface area (Å²) in [6.07, 6.45) is 3.53. The molecule has 0 spiro atoms. The van der Waals surface area contributed by atoms with E-state index in [2.05, 4.69) is 10.3 Å². The Bertz CT molecular complexity index is 565. The Morgan fingerprint density at radius 1 is 1.47 bits per heavy atom. The van der Waals surface area contributed by atoms with Crippen molar-refractivity contribution in [2.45, 2.75) is 12.8 Å². The summed E-state index contributed by atoms with van der Waals surface area (Å²) in [5.74, 6) is -0.575. The molecule has 0 unspecified atom stereocenters. The van der Waals surface area contributed by atoms with Crippen LogP contribution < -0.4 is 5.32 Å². The lowest BCUT2D eigenvalue weighted by atomic mass is 10.3. The lowest BCUT2D eigenvalue weighted by molar-refractivity contribution is 0.0690. The van der Waals surface area contributed by atoms with Crippen LogP contribution in [0.15, 0.2) is 24.4 Å². The molecule has 2 rings (SSSR count). The van der Waals surface area contributed by atoms with E-state index in [1.54, 1.807) is 29.8 Å². The SMILES string of the molecule is COCCCCNc1nc2ccccn2c1C(=O)O. The fraction of sp³-hybridized carbons (Fsp3) is 0.385. The Morgan fingerprint density at radius 2 is 2.32 bits per heavy atom. The lowest BCUT2D eigenvalue weighted by Gasteiger charge is -2.04. The van der Waals surface area contributed by atoms with E-state index in [0.717, 1.165) is 12.8 Å². The highest BCUT2D eigenvalue weighted by atomic mass is 16.5. The number of hydrogen-bond acceptors (Lipinski definition) is 4. The minimum absolute atomic E-state index is 0.169. The normalized spacial score (nSPS) is 10.8. The number of methoxy groups -OCH3 is 1. The number of nitrogens with one attached hydrogen (secondary N) is 1. The second-order valence-corrected chi connectivity index (χ2v) is 4.17. The molecule has 0 radical (unpaired) electrons. The third-order valence-electron chi connectivity index (χ3n) is 2.80. The number of hydrogen-bond donors (Lipinski definition) is 2. The van der Waals surface area contributed by atoms with Gasteiger partial charge < -0.3 is 15.2 Å². The average molecular weight is 263 g/mol. The van der Waals surface area contributed by atoms with Crippen molar-refractivity contribution in [2.24, 2.45) is 0 Å². The highest BCUT2D eigenvalue weighted by Gasteiger charge is 2.17. The number of carboxylic acids is 1. The molecule has 102 valence electrons. The van der Waals surface area contributed by atoms with Crippen LogP contribution in [0.1, 0.15) is 23.3 Å². The van der Waals surface area contributed by atoms with E-state index in [1.165, 1.54) is 0 Å². The standard InChI is InChI=1S/C13H17N3O3/c1-19-9-5-3-7-14-12-11(13(17)18)16-8-4-2-6-10(16)15-12/h2,4,6,8,14H,3,5,7,9H2,1H3,(H,17,18). The zero-order chi connectivity index (χ0) is 13.7. The summed E-state index contributed by atoms with van der Waals surface area (Å²) < 4.78 is 6.53. The molecule has 2 N–H and O–H groups in total. The molecule has 0 aromatic carbocycles. The van der Waals surface area contributed by atoms with Gasteiger partial charge in [0.1, 0.15) is 5.65 Å². The number of unbranched alkanes of at least 4 members (excludes halogenated alkanes) is 1. The van der Waals surface area contributed by atoms with Gasteiger partial charge in [0.2, 0.25) is 0 Å². The van der Waals surface area contributed by atoms with Crippen LogP contribution in [-0.4, -0.2) is 40.7 Å². The Labute approximate surface area is 111 Å². The summed E-state index contributed by atoms with van der Waals surface area (Å²) in [5.41, 5.74) is 0.793. The fourth-order valence-corrected chi connectivity index (χ4v) is 1.90. The van der Waals surface area contributed by atoms with Crippen molar-refractivity contribution in [1.29, 1.82) is 0 Å². The summed E-state index contributed by atoms with van der Waals surface area (Å²) in [6, 6.07) is 5.39. The van der Waals surface area contributed by atoms with Gasteiger partial charge in [0.15, 0.2) is 11.5 Å². The van der Waals surface area contributed by atoms with Crippen LogP contribution in [0.2, 0.25) is 0 Å². The van der Waals surface area contributed by atoms with Gasteiger partial charge in [-0.1, -0.05) is 6.07 Å². The van der Waals surface area contributed by atoms with Crippen LogP contribution in [0.5, 0.6) is 0 Å². The Kier molecular flexibility index (Phi) is 4.35. The largest absolute Gasteiger partial charge is 0.476 e. The van der Waals surface area contributed by atoms with Crippen LogP contribution >= 0.6 is 0 Å². The predicted octanol–water partition coefficient (Wildman–Crippen LogP) is 1.87. The van der Waals surface area contributed by atoms with Crippen LogP contribution in [0.3, 0.4) is 0 Å². The maximum Gasteiger partial charge on any atom is 0.356 e. The van der Waals surface area contributed by atoms with Crippen LogP contribution in [0, 0.1) is 0 Å². The second kappa shape index (κ2) is 6.19. The molecule has 2 aromatic rings. The van der Waals surface area contributed by atoms with Crippen molar-refractivity contribution >= 4 is 17.4 Å². The van der Waals surface area contributed by atoms with Gasteiger partial charge in [-0.15, -0.1) is 0 Å². The highest BCUT2D eigenvalue weighted by Crippen LogP contribution is 2.17. The first-order chi connectivity index (χ1) is 9.24. The maximum absolute atomic E-state index is 11.3. The van der Waals surface area contributed by atoms with Crippen molar-refractivity contribution in [1.82, 2.24) is 9.38 Å². The van der Waals surface area contributed by atoms with Crippen molar-refractivity contribution in [3.05, 3.63) is 30.1 Å². The van der Waals surface area contributed by atoms with E-state index in [1.807, 2.05) is 6.07 Å². The molecule has 2 aromatic heterocycles. The molecule has 0 aliphatic heterocycles. The third-order valence-corrected chi connectivity index (χ3v) is 2.80. The van der Waals surface area contributed by atoms with Gasteiger partial charge in [-0.2, -0.15) is 0 Å². The zero-order valence-electron chi connectivity index (χ0n) is 10.8. The topological polar surface area (TPSA) is 75.9 Å². The summed E-state index contributed by atoms with van der Waals surface area (Å²) in [4.78, 5) is 15.6. The van der Waals surface area contributed by atoms with Crippen molar-refractivity contribution in [3.63, 3.8) is 0 Å². The summed E-state index contributed by atoms with van der Waals surface area (Å²) >= 11 is 0. The molecule has 6 heteroatoms. The Morgan fingerprint density at radius 3 is 3.05 bits per heavy atom. The summed E-state index contributed by atoms with van der Waals surface area (Å²) in [7, 11) is 1.66. The number of fused-ring (bicyclic) bond motifs is 1. The van der Waals surface area contributed by atoms with E-state index in [-0.39, 0.29) is 5.69 Å². The molecule has 0 saturated heterocycles. The predicted molar refractivity (Wildman–Crippen MR) is 71.8 cm³/mol. The number of rotatable bonds is 7. The number of nitrogens with zero attached hydrogens (tertiary/aromatic N) is 2. The number of imidazole rings is 1. The molecule has 0 fully saturated rings. The summed E-state index contributed by atoms with van der Waals surface area (Å²) in [5, 5.41) is 12.3. The van der Waals surface area contributed by atoms with Crippen molar-refractivity contribution in [2.75, 3.05) is 25.6 Å². The number of anilines is 1. The van der Waals surface area contributed by atoms with E-state index in [0.29, 0.717) is 24.6 Å². The molecule has 0 aliphatic rings. The number of ether oxygens (including phenoxy) is 1. The first-order valence-corrected chi connectivity index (χ1v) is 6.17. The first kappa shape index (κ1) is 13.4. The molecule has 0 aliphatic carbocycles. The maximum atomic E-state index is 11.3. The van der Waals surface area contributed by atoms with Gasteiger partial charge in [-0.05, 0) is 25.0 Å². The number of carboxylic acid groups (broad SMARTS) is 1. The van der Waals surface area contributed by atoms with E-state index >= 15 is 0 Å². The van der Waals surface area contributed by atoms with Crippen LogP contribution in [0.25, 0.3) is 5.65 Å². The molecule has 6 nitrogen and oxygen atoms in total. The minimum Gasteiger partial charge on any atom is -0.476 e. The molecule has 0 amide bonds. The van der Waals surface area contributed by atoms with Gasteiger partial charge >= 0.3 is 5.97 Å². The molecular formula is C13H17N3O3. The van der Waals surface area contributed by atoms with Gasteiger partial charge in [-0.25, -0.2) is 9.78 Å². The molecule has 19 heavy (non-hydrogen) atoms. The van der Waals surface area contributed by atoms with Crippen molar-refractivity contribution < 1.29 is 14.6 Å². The van der Waals surface area contributed by atoms with Crippen LogP contribution in [-0.2, 0) is 4.74 Å². The number of aromatic nitrogens is 2. The van der Waals surface area contributed by atoms with E-state index in [9.17, 15) is 9.90 Å². The minimum atomic E-state index is -0.988. The second-order valence-electron chi connectivity index (χ2n) is 4.17. The Hall–Kier alpha value is -2.08. The summed E-state index contributed by atoms with van der Waals surface area (Å²) in [6.45, 7) is 1.38. The van der Waals surface area contributed by atoms with Gasteiger partial charge in [0.25, 0.3) is 0 Å². The van der Waals surface area contributed by atoms with Gasteiger partial charge in [0.05, 0.1) is 0 Å². The van der Waals surface area contributed by atoms with Crippen LogP contribution in [0.4, 0.5) is 5.82 Å². The zero-order valence-corrected chi connectivity index (χ0v) is 10.8. The van der Waals surface area contributed by atoms with Gasteiger partial charge in [0, 0.05) is 26.5 Å². The quantitative estimate of drug-likeness (QED) is 0.746. The fourth-order valence-electron chi connectivity index (χ4n) is 1.90.